The molecule has 0 saturated heterocycles. The molecule has 3 nitrogen and oxygen atoms in total. The molecule has 0 amide bonds. The summed E-state index contributed by atoms with van der Waals surface area (Å²) in [6.45, 7) is 5.26. The molecule has 0 spiro atoms. The van der Waals surface area contributed by atoms with E-state index in [9.17, 15) is 0 Å². The van der Waals surface area contributed by atoms with Crippen molar-refractivity contribution < 1.29 is 0 Å². The normalized spacial score (nSPS) is 11.6. The van der Waals surface area contributed by atoms with Crippen molar-refractivity contribution in [1.82, 2.24) is 15.3 Å². The quantitative estimate of drug-likeness (QED) is 0.782. The van der Waals surface area contributed by atoms with Gasteiger partial charge in [0.05, 0.1) is 15.9 Å². The molecule has 1 N–H and O–H groups in total. The molecule has 0 aliphatic carbocycles. The van der Waals surface area contributed by atoms with E-state index in [0.29, 0.717) is 5.92 Å². The smallest absolute Gasteiger partial charge is 0.125 e. The van der Waals surface area contributed by atoms with E-state index in [1.54, 1.807) is 22.7 Å². The van der Waals surface area contributed by atoms with Crippen molar-refractivity contribution in [2.45, 2.75) is 26.3 Å². The van der Waals surface area contributed by atoms with Gasteiger partial charge >= 0.3 is 0 Å². The second-order valence-electron chi connectivity index (χ2n) is 5.04. The predicted octanol–water partition coefficient (Wildman–Crippen LogP) is 4.26. The summed E-state index contributed by atoms with van der Waals surface area (Å²) in [5.74, 6) is 0.446. The van der Waals surface area contributed by atoms with E-state index in [0.717, 1.165) is 22.6 Å². The number of rotatable bonds is 4. The molecule has 0 radical (unpaired) electrons. The molecule has 20 heavy (non-hydrogen) atoms. The molecule has 3 heterocycles. The molecular weight excluding hydrogens is 286 g/mol. The SMILES string of the molecule is CNCc1sc(-c2cnc3ccsc3c2)nc1C(C)C. The number of hydrogen-bond donors (Lipinski definition) is 1. The van der Waals surface area contributed by atoms with Crippen LogP contribution in [-0.2, 0) is 6.54 Å². The first kappa shape index (κ1) is 13.7. The average Bonchev–Trinajstić information content (AvgIpc) is 3.04. The third kappa shape index (κ3) is 2.49. The van der Waals surface area contributed by atoms with Crippen LogP contribution < -0.4 is 5.32 Å². The second-order valence-corrected chi connectivity index (χ2v) is 7.07. The molecule has 0 aliphatic heterocycles. The van der Waals surface area contributed by atoms with Crippen molar-refractivity contribution in [2.75, 3.05) is 7.05 Å². The van der Waals surface area contributed by atoms with E-state index in [1.807, 2.05) is 13.2 Å². The molecule has 104 valence electrons. The Kier molecular flexibility index (Phi) is 3.83. The number of pyridine rings is 1. The maximum atomic E-state index is 4.83. The third-order valence-electron chi connectivity index (χ3n) is 3.16. The highest BCUT2D eigenvalue weighted by atomic mass is 32.1. The van der Waals surface area contributed by atoms with Crippen molar-refractivity contribution in [1.29, 1.82) is 0 Å². The van der Waals surface area contributed by atoms with Gasteiger partial charge in [-0.25, -0.2) is 4.98 Å². The first-order valence-corrected chi connectivity index (χ1v) is 8.36. The maximum Gasteiger partial charge on any atom is 0.125 e. The molecule has 5 heteroatoms. The zero-order chi connectivity index (χ0) is 14.1. The minimum atomic E-state index is 0.446. The van der Waals surface area contributed by atoms with Gasteiger partial charge in [-0.3, -0.25) is 4.98 Å². The standard InChI is InChI=1S/C15H17N3S2/c1-9(2)14-13(8-16-3)20-15(18-14)10-6-12-11(17-7-10)4-5-19-12/h4-7,9,16H,8H2,1-3H3. The van der Waals surface area contributed by atoms with Crippen molar-refractivity contribution in [2.24, 2.45) is 0 Å². The van der Waals surface area contributed by atoms with Crippen LogP contribution in [0.1, 0.15) is 30.3 Å². The van der Waals surface area contributed by atoms with Gasteiger partial charge in [0.1, 0.15) is 5.01 Å². The Labute approximate surface area is 126 Å². The Balaban J connectivity index is 2.06. The Morgan fingerprint density at radius 2 is 2.20 bits per heavy atom. The first-order chi connectivity index (χ1) is 9.69. The molecule has 0 unspecified atom stereocenters. The summed E-state index contributed by atoms with van der Waals surface area (Å²) in [6, 6.07) is 4.25. The topological polar surface area (TPSA) is 37.8 Å². The van der Waals surface area contributed by atoms with Gasteiger partial charge in [-0.1, -0.05) is 13.8 Å². The van der Waals surface area contributed by atoms with Gasteiger partial charge in [-0.05, 0) is 30.5 Å². The fourth-order valence-corrected chi connectivity index (χ4v) is 4.18. The van der Waals surface area contributed by atoms with Gasteiger partial charge in [0.15, 0.2) is 0 Å². The zero-order valence-corrected chi connectivity index (χ0v) is 13.4. The van der Waals surface area contributed by atoms with Gasteiger partial charge in [-0.15, -0.1) is 22.7 Å². The largest absolute Gasteiger partial charge is 0.315 e. The lowest BCUT2D eigenvalue weighted by molar-refractivity contribution is 0.771. The molecule has 0 atom stereocenters. The fourth-order valence-electron chi connectivity index (χ4n) is 2.19. The van der Waals surface area contributed by atoms with Gasteiger partial charge in [0.25, 0.3) is 0 Å². The van der Waals surface area contributed by atoms with Gasteiger partial charge in [-0.2, -0.15) is 0 Å². The summed E-state index contributed by atoms with van der Waals surface area (Å²) < 4.78 is 1.22. The highest BCUT2D eigenvalue weighted by Crippen LogP contribution is 2.33. The number of nitrogens with one attached hydrogen (secondary N) is 1. The zero-order valence-electron chi connectivity index (χ0n) is 11.8. The van der Waals surface area contributed by atoms with Gasteiger partial charge < -0.3 is 5.32 Å². The van der Waals surface area contributed by atoms with E-state index in [1.165, 1.54) is 15.3 Å². The maximum absolute atomic E-state index is 4.83. The van der Waals surface area contributed by atoms with Crippen LogP contribution in [0.5, 0.6) is 0 Å². The van der Waals surface area contributed by atoms with Crippen LogP contribution in [0.15, 0.2) is 23.7 Å². The molecule has 0 saturated carbocycles. The van der Waals surface area contributed by atoms with E-state index >= 15 is 0 Å². The summed E-state index contributed by atoms with van der Waals surface area (Å²) in [5.41, 5.74) is 3.38. The number of aromatic nitrogens is 2. The molecule has 0 bridgehead atoms. The Morgan fingerprint density at radius 1 is 1.35 bits per heavy atom. The number of thiazole rings is 1. The summed E-state index contributed by atoms with van der Waals surface area (Å²) in [4.78, 5) is 10.7. The summed E-state index contributed by atoms with van der Waals surface area (Å²) in [7, 11) is 1.97. The Morgan fingerprint density at radius 3 is 2.95 bits per heavy atom. The summed E-state index contributed by atoms with van der Waals surface area (Å²) in [5, 5.41) is 6.38. The molecule has 0 fully saturated rings. The van der Waals surface area contributed by atoms with Crippen LogP contribution >= 0.6 is 22.7 Å². The van der Waals surface area contributed by atoms with Crippen LogP contribution in [0.3, 0.4) is 0 Å². The summed E-state index contributed by atoms with van der Waals surface area (Å²) >= 11 is 3.49. The first-order valence-electron chi connectivity index (χ1n) is 6.67. The van der Waals surface area contributed by atoms with Crippen LogP contribution in [0.4, 0.5) is 0 Å². The molecule has 0 aromatic carbocycles. The minimum absolute atomic E-state index is 0.446. The van der Waals surface area contributed by atoms with E-state index in [2.05, 4.69) is 41.7 Å². The fraction of sp³-hybridized carbons (Fsp3) is 0.333. The van der Waals surface area contributed by atoms with Crippen molar-refractivity contribution >= 4 is 32.9 Å². The average molecular weight is 303 g/mol. The number of thiophene rings is 1. The minimum Gasteiger partial charge on any atom is -0.315 e. The van der Waals surface area contributed by atoms with Crippen LogP contribution in [0.2, 0.25) is 0 Å². The van der Waals surface area contributed by atoms with Crippen LogP contribution in [0.25, 0.3) is 20.8 Å². The molecule has 3 rings (SSSR count). The van der Waals surface area contributed by atoms with Crippen LogP contribution in [-0.4, -0.2) is 17.0 Å². The number of hydrogen-bond acceptors (Lipinski definition) is 5. The highest BCUT2D eigenvalue weighted by Gasteiger charge is 2.15. The Bertz CT molecular complexity index is 728. The second kappa shape index (κ2) is 5.60. The number of fused-ring (bicyclic) bond motifs is 1. The molecular formula is C15H17N3S2. The van der Waals surface area contributed by atoms with Gasteiger partial charge in [0, 0.05) is 23.2 Å². The van der Waals surface area contributed by atoms with Crippen LogP contribution in [0, 0.1) is 0 Å². The third-order valence-corrected chi connectivity index (χ3v) is 5.13. The lowest BCUT2D eigenvalue weighted by Crippen LogP contribution is -2.06. The van der Waals surface area contributed by atoms with E-state index in [-0.39, 0.29) is 0 Å². The predicted molar refractivity (Wildman–Crippen MR) is 87.6 cm³/mol. The lowest BCUT2D eigenvalue weighted by atomic mass is 10.1. The van der Waals surface area contributed by atoms with E-state index < -0.39 is 0 Å². The van der Waals surface area contributed by atoms with Crippen molar-refractivity contribution in [3.05, 3.63) is 34.3 Å². The molecule has 0 aliphatic rings. The van der Waals surface area contributed by atoms with Crippen molar-refractivity contribution in [3.8, 4) is 10.6 Å². The summed E-state index contributed by atoms with van der Waals surface area (Å²) in [6.07, 6.45) is 1.93. The molecule has 3 aromatic rings. The number of nitrogens with zero attached hydrogens (tertiary/aromatic N) is 2. The van der Waals surface area contributed by atoms with Crippen molar-refractivity contribution in [3.63, 3.8) is 0 Å². The molecule has 3 aromatic heterocycles. The Hall–Kier alpha value is -1.30. The van der Waals surface area contributed by atoms with Gasteiger partial charge in [0.2, 0.25) is 0 Å². The van der Waals surface area contributed by atoms with E-state index in [4.69, 9.17) is 4.98 Å². The lowest BCUT2D eigenvalue weighted by Gasteiger charge is -2.03. The monoisotopic (exact) mass is 303 g/mol. The highest BCUT2D eigenvalue weighted by molar-refractivity contribution is 7.17.